The Kier molecular flexibility index (Phi) is 4.35. The van der Waals surface area contributed by atoms with E-state index in [4.69, 9.17) is 4.74 Å². The van der Waals surface area contributed by atoms with Gasteiger partial charge in [-0.1, -0.05) is 6.07 Å². The lowest BCUT2D eigenvalue weighted by Crippen LogP contribution is -2.43. The Hall–Kier alpha value is -1.99. The first-order valence-electron chi connectivity index (χ1n) is 7.11. The van der Waals surface area contributed by atoms with Crippen LogP contribution in [0.4, 0.5) is 0 Å². The topological polar surface area (TPSA) is 75.3 Å². The summed E-state index contributed by atoms with van der Waals surface area (Å²) in [5.41, 5.74) is 0.378. The van der Waals surface area contributed by atoms with E-state index in [0.29, 0.717) is 37.6 Å². The minimum Gasteiger partial charge on any atom is -0.368 e. The Labute approximate surface area is 131 Å². The van der Waals surface area contributed by atoms with Crippen LogP contribution in [0.15, 0.2) is 28.4 Å². The summed E-state index contributed by atoms with van der Waals surface area (Å²) in [6.45, 7) is 3.19. The zero-order chi connectivity index (χ0) is 15.5. The second-order valence-corrected chi connectivity index (χ2v) is 6.24. The SMILES string of the molecule is Cc1nc([C@@H]2CN(C(=O)Cc3cccs3)CCO2)cc(=O)[nH]1. The molecule has 1 saturated heterocycles. The van der Waals surface area contributed by atoms with Gasteiger partial charge in [-0.2, -0.15) is 0 Å². The first-order valence-corrected chi connectivity index (χ1v) is 7.99. The Morgan fingerprint density at radius 1 is 1.59 bits per heavy atom. The number of thiophene rings is 1. The number of rotatable bonds is 3. The molecule has 7 heteroatoms. The Morgan fingerprint density at radius 3 is 3.18 bits per heavy atom. The molecule has 6 nitrogen and oxygen atoms in total. The van der Waals surface area contributed by atoms with Crippen LogP contribution < -0.4 is 5.56 Å². The molecule has 0 unspecified atom stereocenters. The molecule has 1 aliphatic rings. The summed E-state index contributed by atoms with van der Waals surface area (Å²) < 4.78 is 5.68. The monoisotopic (exact) mass is 319 g/mol. The molecule has 3 heterocycles. The van der Waals surface area contributed by atoms with Crippen molar-refractivity contribution in [2.45, 2.75) is 19.4 Å². The van der Waals surface area contributed by atoms with Gasteiger partial charge in [-0.3, -0.25) is 9.59 Å². The third-order valence-corrected chi connectivity index (χ3v) is 4.41. The number of carbonyl (C=O) groups is 1. The van der Waals surface area contributed by atoms with Gasteiger partial charge in [0.25, 0.3) is 5.56 Å². The van der Waals surface area contributed by atoms with E-state index in [1.807, 2.05) is 17.5 Å². The average Bonchev–Trinajstić information content (AvgIpc) is 2.99. The predicted molar refractivity (Wildman–Crippen MR) is 82.9 cm³/mol. The highest BCUT2D eigenvalue weighted by Crippen LogP contribution is 2.21. The highest BCUT2D eigenvalue weighted by molar-refractivity contribution is 7.10. The first-order chi connectivity index (χ1) is 10.6. The molecule has 2 aromatic rings. The van der Waals surface area contributed by atoms with Crippen LogP contribution in [-0.2, 0) is 16.0 Å². The van der Waals surface area contributed by atoms with Crippen molar-refractivity contribution in [2.75, 3.05) is 19.7 Å². The molecule has 116 valence electrons. The molecule has 0 aromatic carbocycles. The van der Waals surface area contributed by atoms with Crippen LogP contribution in [0.2, 0.25) is 0 Å². The number of aromatic nitrogens is 2. The van der Waals surface area contributed by atoms with Gasteiger partial charge in [0.2, 0.25) is 5.91 Å². The molecule has 1 aliphatic heterocycles. The van der Waals surface area contributed by atoms with Crippen molar-refractivity contribution >= 4 is 17.2 Å². The van der Waals surface area contributed by atoms with E-state index in [9.17, 15) is 9.59 Å². The molecule has 0 radical (unpaired) electrons. The van der Waals surface area contributed by atoms with Crippen molar-refractivity contribution < 1.29 is 9.53 Å². The molecule has 1 atom stereocenters. The summed E-state index contributed by atoms with van der Waals surface area (Å²) in [7, 11) is 0. The largest absolute Gasteiger partial charge is 0.368 e. The van der Waals surface area contributed by atoms with E-state index in [-0.39, 0.29) is 17.6 Å². The average molecular weight is 319 g/mol. The molecular weight excluding hydrogens is 302 g/mol. The zero-order valence-corrected chi connectivity index (χ0v) is 13.1. The quantitative estimate of drug-likeness (QED) is 0.925. The smallest absolute Gasteiger partial charge is 0.251 e. The molecule has 1 amide bonds. The molecule has 0 bridgehead atoms. The first kappa shape index (κ1) is 14.9. The fourth-order valence-electron chi connectivity index (χ4n) is 2.50. The van der Waals surface area contributed by atoms with E-state index in [1.165, 1.54) is 6.07 Å². The van der Waals surface area contributed by atoms with Gasteiger partial charge in [0.05, 0.1) is 25.3 Å². The zero-order valence-electron chi connectivity index (χ0n) is 12.2. The lowest BCUT2D eigenvalue weighted by molar-refractivity contribution is -0.138. The summed E-state index contributed by atoms with van der Waals surface area (Å²) in [5, 5.41) is 1.97. The van der Waals surface area contributed by atoms with Crippen molar-refractivity contribution in [3.63, 3.8) is 0 Å². The van der Waals surface area contributed by atoms with Crippen molar-refractivity contribution in [1.29, 1.82) is 0 Å². The lowest BCUT2D eigenvalue weighted by atomic mass is 10.2. The number of aryl methyl sites for hydroxylation is 1. The van der Waals surface area contributed by atoms with Gasteiger partial charge in [0, 0.05) is 17.5 Å². The molecule has 0 spiro atoms. The van der Waals surface area contributed by atoms with Gasteiger partial charge >= 0.3 is 0 Å². The van der Waals surface area contributed by atoms with E-state index < -0.39 is 0 Å². The van der Waals surface area contributed by atoms with Crippen LogP contribution >= 0.6 is 11.3 Å². The predicted octanol–water partition coefficient (Wildman–Crippen LogP) is 1.28. The molecule has 0 aliphatic carbocycles. The number of nitrogens with zero attached hydrogens (tertiary/aromatic N) is 2. The second kappa shape index (κ2) is 6.41. The van der Waals surface area contributed by atoms with Crippen molar-refractivity contribution in [3.05, 3.63) is 50.3 Å². The fourth-order valence-corrected chi connectivity index (χ4v) is 3.19. The molecule has 3 rings (SSSR count). The van der Waals surface area contributed by atoms with Crippen LogP contribution in [-0.4, -0.2) is 40.5 Å². The normalized spacial score (nSPS) is 18.4. The summed E-state index contributed by atoms with van der Waals surface area (Å²) in [6, 6.07) is 5.34. The lowest BCUT2D eigenvalue weighted by Gasteiger charge is -2.32. The highest BCUT2D eigenvalue weighted by atomic mass is 32.1. The Bertz CT molecular complexity index is 711. The van der Waals surface area contributed by atoms with Gasteiger partial charge in [-0.05, 0) is 18.4 Å². The number of amides is 1. The molecule has 2 aromatic heterocycles. The Balaban J connectivity index is 1.71. The molecule has 1 N–H and O–H groups in total. The van der Waals surface area contributed by atoms with Crippen LogP contribution in [0.3, 0.4) is 0 Å². The summed E-state index contributed by atoms with van der Waals surface area (Å²) in [5.74, 6) is 0.630. The minimum atomic E-state index is -0.345. The van der Waals surface area contributed by atoms with Gasteiger partial charge in [0.1, 0.15) is 11.9 Å². The summed E-state index contributed by atoms with van der Waals surface area (Å²) in [4.78, 5) is 33.7. The van der Waals surface area contributed by atoms with Crippen molar-refractivity contribution in [2.24, 2.45) is 0 Å². The molecular formula is C15H17N3O3S. The number of H-pyrrole nitrogens is 1. The summed E-state index contributed by atoms with van der Waals surface area (Å²) in [6.07, 6.45) is 0.0636. The van der Waals surface area contributed by atoms with Crippen LogP contribution in [0.5, 0.6) is 0 Å². The minimum absolute atomic E-state index is 0.0808. The van der Waals surface area contributed by atoms with E-state index >= 15 is 0 Å². The fraction of sp³-hybridized carbons (Fsp3) is 0.400. The van der Waals surface area contributed by atoms with E-state index in [0.717, 1.165) is 4.88 Å². The van der Waals surface area contributed by atoms with Crippen LogP contribution in [0.1, 0.15) is 22.5 Å². The van der Waals surface area contributed by atoms with Gasteiger partial charge in [0.15, 0.2) is 0 Å². The number of ether oxygens (including phenoxy) is 1. The molecule has 0 saturated carbocycles. The van der Waals surface area contributed by atoms with Crippen molar-refractivity contribution in [3.8, 4) is 0 Å². The van der Waals surface area contributed by atoms with Crippen molar-refractivity contribution in [1.82, 2.24) is 14.9 Å². The number of aromatic amines is 1. The van der Waals surface area contributed by atoms with Gasteiger partial charge in [-0.25, -0.2) is 4.98 Å². The van der Waals surface area contributed by atoms with Gasteiger partial charge < -0.3 is 14.6 Å². The maximum atomic E-state index is 12.4. The maximum absolute atomic E-state index is 12.4. The second-order valence-electron chi connectivity index (χ2n) is 5.21. The third kappa shape index (κ3) is 3.42. The van der Waals surface area contributed by atoms with Gasteiger partial charge in [-0.15, -0.1) is 11.3 Å². The Morgan fingerprint density at radius 2 is 2.45 bits per heavy atom. The maximum Gasteiger partial charge on any atom is 0.251 e. The van der Waals surface area contributed by atoms with Crippen LogP contribution in [0, 0.1) is 6.92 Å². The number of hydrogen-bond donors (Lipinski definition) is 1. The van der Waals surface area contributed by atoms with E-state index in [2.05, 4.69) is 9.97 Å². The number of carbonyl (C=O) groups excluding carboxylic acids is 1. The number of hydrogen-bond acceptors (Lipinski definition) is 5. The molecule has 22 heavy (non-hydrogen) atoms. The highest BCUT2D eigenvalue weighted by Gasteiger charge is 2.26. The number of nitrogens with one attached hydrogen (secondary N) is 1. The van der Waals surface area contributed by atoms with E-state index in [1.54, 1.807) is 23.2 Å². The standard InChI is InChI=1S/C15H17N3O3S/c1-10-16-12(8-14(19)17-10)13-9-18(4-5-21-13)15(20)7-11-3-2-6-22-11/h2-3,6,8,13H,4-5,7,9H2,1H3,(H,16,17,19)/t13-/m0/s1. The van der Waals surface area contributed by atoms with Crippen LogP contribution in [0.25, 0.3) is 0 Å². The summed E-state index contributed by atoms with van der Waals surface area (Å²) >= 11 is 1.58. The third-order valence-electron chi connectivity index (χ3n) is 3.53. The number of morpholine rings is 1. The molecule has 1 fully saturated rings.